The van der Waals surface area contributed by atoms with Crippen LogP contribution in [0.5, 0.6) is 11.5 Å². The van der Waals surface area contributed by atoms with Crippen LogP contribution >= 0.6 is 11.6 Å². The zero-order valence-electron chi connectivity index (χ0n) is 8.89. The summed E-state index contributed by atoms with van der Waals surface area (Å²) in [4.78, 5) is 0. The van der Waals surface area contributed by atoms with Gasteiger partial charge < -0.3 is 15.2 Å². The Morgan fingerprint density at radius 2 is 2.38 bits per heavy atom. The number of aromatic hydroxyl groups is 1. The van der Waals surface area contributed by atoms with E-state index >= 15 is 0 Å². The summed E-state index contributed by atoms with van der Waals surface area (Å²) in [6, 6.07) is 0.993. The monoisotopic (exact) mass is 245 g/mol. The predicted octanol–water partition coefficient (Wildman–Crippen LogP) is 2.62. The highest BCUT2D eigenvalue weighted by atomic mass is 35.5. The molecule has 3 nitrogen and oxygen atoms in total. The Balaban J connectivity index is 2.52. The quantitative estimate of drug-likeness (QED) is 0.842. The minimum Gasteiger partial charge on any atom is -0.504 e. The van der Waals surface area contributed by atoms with Gasteiger partial charge in [-0.3, -0.25) is 0 Å². The third kappa shape index (κ3) is 1.83. The molecule has 2 N–H and O–H groups in total. The van der Waals surface area contributed by atoms with Gasteiger partial charge in [0.05, 0.1) is 12.1 Å². The zero-order valence-corrected chi connectivity index (χ0v) is 9.64. The van der Waals surface area contributed by atoms with Gasteiger partial charge in [-0.15, -0.1) is 0 Å². The molecule has 1 atom stereocenters. The van der Waals surface area contributed by atoms with Crippen molar-refractivity contribution in [1.82, 2.24) is 5.32 Å². The Kier molecular flexibility index (Phi) is 3.21. The average molecular weight is 246 g/mol. The summed E-state index contributed by atoms with van der Waals surface area (Å²) < 4.78 is 18.4. The Bertz CT molecular complexity index is 405. The summed E-state index contributed by atoms with van der Waals surface area (Å²) in [7, 11) is 1.38. The highest BCUT2D eigenvalue weighted by molar-refractivity contribution is 6.31. The number of phenolic OH excluding ortho intramolecular Hbond substituents is 1. The minimum absolute atomic E-state index is 0.0299. The van der Waals surface area contributed by atoms with Crippen molar-refractivity contribution in [2.75, 3.05) is 13.7 Å². The van der Waals surface area contributed by atoms with Crippen LogP contribution < -0.4 is 10.1 Å². The SMILES string of the molecule is COc1cc(F)c(Cl)c(C2CCCN2)c1O. The number of rotatable bonds is 2. The van der Waals surface area contributed by atoms with Crippen LogP contribution in [0.4, 0.5) is 4.39 Å². The maximum Gasteiger partial charge on any atom is 0.164 e. The van der Waals surface area contributed by atoms with Crippen molar-refractivity contribution in [3.8, 4) is 11.5 Å². The highest BCUT2D eigenvalue weighted by Crippen LogP contribution is 2.42. The van der Waals surface area contributed by atoms with Gasteiger partial charge in [0.15, 0.2) is 11.5 Å². The first-order valence-electron chi connectivity index (χ1n) is 5.13. The van der Waals surface area contributed by atoms with E-state index in [4.69, 9.17) is 16.3 Å². The molecule has 1 saturated heterocycles. The molecular formula is C11H13ClFNO2. The van der Waals surface area contributed by atoms with Crippen LogP contribution in [0.1, 0.15) is 24.4 Å². The maximum absolute atomic E-state index is 13.5. The lowest BCUT2D eigenvalue weighted by molar-refractivity contribution is 0.364. The Labute approximate surface area is 98.2 Å². The Morgan fingerprint density at radius 1 is 1.62 bits per heavy atom. The Morgan fingerprint density at radius 3 is 2.94 bits per heavy atom. The molecule has 1 aliphatic rings. The van der Waals surface area contributed by atoms with E-state index in [0.29, 0.717) is 5.56 Å². The molecule has 0 aromatic heterocycles. The number of hydrogen-bond acceptors (Lipinski definition) is 3. The lowest BCUT2D eigenvalue weighted by Gasteiger charge is -2.17. The summed E-state index contributed by atoms with van der Waals surface area (Å²) in [6.45, 7) is 0.846. The molecule has 1 fully saturated rings. The average Bonchev–Trinajstić information content (AvgIpc) is 2.77. The predicted molar refractivity (Wildman–Crippen MR) is 59.6 cm³/mol. The molecule has 1 heterocycles. The van der Waals surface area contributed by atoms with Crippen molar-refractivity contribution in [3.05, 3.63) is 22.5 Å². The highest BCUT2D eigenvalue weighted by Gasteiger charge is 2.26. The molecule has 0 bridgehead atoms. The van der Waals surface area contributed by atoms with Crippen LogP contribution in [-0.2, 0) is 0 Å². The van der Waals surface area contributed by atoms with Crippen molar-refractivity contribution in [1.29, 1.82) is 0 Å². The number of halogens is 2. The van der Waals surface area contributed by atoms with Gasteiger partial charge in [-0.1, -0.05) is 11.6 Å². The number of nitrogens with one attached hydrogen (secondary N) is 1. The topological polar surface area (TPSA) is 41.5 Å². The number of ether oxygens (including phenoxy) is 1. The van der Waals surface area contributed by atoms with E-state index in [1.165, 1.54) is 7.11 Å². The first-order valence-corrected chi connectivity index (χ1v) is 5.51. The second-order valence-electron chi connectivity index (χ2n) is 3.79. The molecule has 0 amide bonds. The number of hydrogen-bond donors (Lipinski definition) is 2. The van der Waals surface area contributed by atoms with Gasteiger partial charge in [0.2, 0.25) is 0 Å². The normalized spacial score (nSPS) is 20.1. The maximum atomic E-state index is 13.5. The Hall–Kier alpha value is -1.00. The summed E-state index contributed by atoms with van der Waals surface area (Å²) in [6.07, 6.45) is 1.82. The van der Waals surface area contributed by atoms with Gasteiger partial charge in [0.1, 0.15) is 5.82 Å². The van der Waals surface area contributed by atoms with E-state index in [0.717, 1.165) is 25.5 Å². The summed E-state index contributed by atoms with van der Waals surface area (Å²) in [5.41, 5.74) is 0.399. The molecule has 0 spiro atoms. The molecule has 88 valence electrons. The lowest BCUT2D eigenvalue weighted by atomic mass is 10.0. The molecule has 0 saturated carbocycles. The van der Waals surface area contributed by atoms with Crippen LogP contribution in [0.2, 0.25) is 5.02 Å². The molecule has 5 heteroatoms. The summed E-state index contributed by atoms with van der Waals surface area (Å²) >= 11 is 5.88. The third-order valence-electron chi connectivity index (χ3n) is 2.82. The molecule has 1 unspecified atom stereocenters. The number of methoxy groups -OCH3 is 1. The molecule has 0 radical (unpaired) electrons. The fourth-order valence-corrected chi connectivity index (χ4v) is 2.29. The summed E-state index contributed by atoms with van der Waals surface area (Å²) in [5.74, 6) is -0.529. The third-order valence-corrected chi connectivity index (χ3v) is 3.21. The number of benzene rings is 1. The first-order chi connectivity index (χ1) is 7.65. The second-order valence-corrected chi connectivity index (χ2v) is 4.16. The molecule has 1 aromatic carbocycles. The van der Waals surface area contributed by atoms with Gasteiger partial charge in [-0.05, 0) is 19.4 Å². The van der Waals surface area contributed by atoms with E-state index < -0.39 is 5.82 Å². The van der Waals surface area contributed by atoms with Crippen molar-refractivity contribution < 1.29 is 14.2 Å². The molecular weight excluding hydrogens is 233 g/mol. The second kappa shape index (κ2) is 4.47. The van der Waals surface area contributed by atoms with E-state index in [1.54, 1.807) is 0 Å². The van der Waals surface area contributed by atoms with E-state index in [2.05, 4.69) is 5.32 Å². The van der Waals surface area contributed by atoms with Crippen molar-refractivity contribution >= 4 is 11.6 Å². The van der Waals surface area contributed by atoms with Gasteiger partial charge in [-0.25, -0.2) is 4.39 Å². The van der Waals surface area contributed by atoms with Crippen LogP contribution in [-0.4, -0.2) is 18.8 Å². The van der Waals surface area contributed by atoms with Crippen molar-refractivity contribution in [2.45, 2.75) is 18.9 Å². The van der Waals surface area contributed by atoms with Crippen LogP contribution in [0.25, 0.3) is 0 Å². The fourth-order valence-electron chi connectivity index (χ4n) is 2.02. The van der Waals surface area contributed by atoms with Gasteiger partial charge in [0.25, 0.3) is 0 Å². The van der Waals surface area contributed by atoms with Gasteiger partial charge in [-0.2, -0.15) is 0 Å². The van der Waals surface area contributed by atoms with Gasteiger partial charge >= 0.3 is 0 Å². The van der Waals surface area contributed by atoms with Gasteiger partial charge in [0, 0.05) is 17.7 Å². The van der Waals surface area contributed by atoms with Crippen molar-refractivity contribution in [3.63, 3.8) is 0 Å². The van der Waals surface area contributed by atoms with E-state index in [9.17, 15) is 9.50 Å². The molecule has 2 rings (SSSR count). The van der Waals surface area contributed by atoms with Crippen LogP contribution in [0, 0.1) is 5.82 Å². The molecule has 16 heavy (non-hydrogen) atoms. The lowest BCUT2D eigenvalue weighted by Crippen LogP contribution is -2.14. The van der Waals surface area contributed by atoms with Crippen LogP contribution in [0.3, 0.4) is 0 Å². The van der Waals surface area contributed by atoms with Crippen molar-refractivity contribution in [2.24, 2.45) is 0 Å². The van der Waals surface area contributed by atoms with Crippen LogP contribution in [0.15, 0.2) is 6.07 Å². The smallest absolute Gasteiger partial charge is 0.164 e. The number of phenols is 1. The largest absolute Gasteiger partial charge is 0.504 e. The molecule has 1 aliphatic heterocycles. The zero-order chi connectivity index (χ0) is 11.7. The fraction of sp³-hybridized carbons (Fsp3) is 0.455. The van der Waals surface area contributed by atoms with E-state index in [-0.39, 0.29) is 22.6 Å². The minimum atomic E-state index is -0.569. The molecule has 1 aromatic rings. The summed E-state index contributed by atoms with van der Waals surface area (Å²) in [5, 5.41) is 13.1. The standard InChI is InChI=1S/C11H13ClFNO2/c1-16-8-5-6(13)10(12)9(11(8)15)7-3-2-4-14-7/h5,7,14-15H,2-4H2,1H3. The molecule has 0 aliphatic carbocycles. The first kappa shape index (κ1) is 11.5. The van der Waals surface area contributed by atoms with E-state index in [1.807, 2.05) is 0 Å².